The van der Waals surface area contributed by atoms with Gasteiger partial charge in [-0.2, -0.15) is 0 Å². The number of piperidine rings is 1. The van der Waals surface area contributed by atoms with Crippen molar-refractivity contribution in [2.24, 2.45) is 5.92 Å². The summed E-state index contributed by atoms with van der Waals surface area (Å²) in [6.45, 7) is 2.67. The third kappa shape index (κ3) is 3.91. The number of amides is 2. The minimum absolute atomic E-state index is 0.175. The highest BCUT2D eigenvalue weighted by Crippen LogP contribution is 2.29. The van der Waals surface area contributed by atoms with Crippen molar-refractivity contribution in [3.05, 3.63) is 28.2 Å². The summed E-state index contributed by atoms with van der Waals surface area (Å²) in [5.41, 5.74) is 0.311. The summed E-state index contributed by atoms with van der Waals surface area (Å²) in [5, 5.41) is 12.6. The van der Waals surface area contributed by atoms with E-state index < -0.39 is 17.9 Å². The van der Waals surface area contributed by atoms with E-state index in [0.717, 1.165) is 0 Å². The van der Waals surface area contributed by atoms with Crippen molar-refractivity contribution in [2.75, 3.05) is 18.4 Å². The van der Waals surface area contributed by atoms with Crippen LogP contribution in [0.5, 0.6) is 0 Å². The van der Waals surface area contributed by atoms with Crippen molar-refractivity contribution in [2.45, 2.75) is 25.9 Å². The molecule has 1 unspecified atom stereocenters. The first-order chi connectivity index (χ1) is 10.4. The van der Waals surface area contributed by atoms with Crippen molar-refractivity contribution in [1.82, 2.24) is 4.90 Å². The van der Waals surface area contributed by atoms with Crippen LogP contribution in [-0.4, -0.2) is 41.0 Å². The molecular weight excluding hydrogens is 327 g/mol. The van der Waals surface area contributed by atoms with Gasteiger partial charge in [0.2, 0.25) is 0 Å². The van der Waals surface area contributed by atoms with Gasteiger partial charge in [-0.3, -0.25) is 9.59 Å². The zero-order valence-corrected chi connectivity index (χ0v) is 13.7. The first-order valence-electron chi connectivity index (χ1n) is 7.12. The molecule has 0 radical (unpaired) electrons. The molecule has 1 aliphatic rings. The molecule has 120 valence electrons. The van der Waals surface area contributed by atoms with Crippen LogP contribution in [0, 0.1) is 5.92 Å². The van der Waals surface area contributed by atoms with Gasteiger partial charge in [0.25, 0.3) is 0 Å². The summed E-state index contributed by atoms with van der Waals surface area (Å²) >= 11 is 11.9. The van der Waals surface area contributed by atoms with Crippen LogP contribution in [0.25, 0.3) is 0 Å². The maximum Gasteiger partial charge on any atom is 0.313 e. The van der Waals surface area contributed by atoms with Gasteiger partial charge < -0.3 is 15.3 Å². The Hall–Kier alpha value is -1.30. The zero-order valence-electron chi connectivity index (χ0n) is 12.2. The molecule has 2 rings (SSSR count). The fourth-order valence-corrected chi connectivity index (χ4v) is 2.85. The van der Waals surface area contributed by atoms with Gasteiger partial charge >= 0.3 is 11.8 Å². The van der Waals surface area contributed by atoms with Crippen LogP contribution in [0.1, 0.15) is 19.8 Å². The molecule has 1 atom stereocenters. The highest BCUT2D eigenvalue weighted by atomic mass is 35.5. The van der Waals surface area contributed by atoms with Crippen LogP contribution in [0.2, 0.25) is 10.0 Å². The monoisotopic (exact) mass is 344 g/mol. The Labute approximate surface area is 139 Å². The summed E-state index contributed by atoms with van der Waals surface area (Å²) in [6, 6.07) is 4.82. The van der Waals surface area contributed by atoms with Crippen molar-refractivity contribution < 1.29 is 14.7 Å². The molecule has 5 nitrogen and oxygen atoms in total. The Morgan fingerprint density at radius 2 is 1.95 bits per heavy atom. The van der Waals surface area contributed by atoms with Crippen molar-refractivity contribution in [1.29, 1.82) is 0 Å². The number of anilines is 1. The van der Waals surface area contributed by atoms with Crippen LogP contribution < -0.4 is 5.32 Å². The number of rotatable bonds is 2. The molecule has 1 aromatic rings. The molecule has 2 amide bonds. The number of hydrogen-bond acceptors (Lipinski definition) is 3. The number of likely N-dealkylation sites (tertiary alicyclic amines) is 1. The normalized spacial score (nSPS) is 17.2. The Morgan fingerprint density at radius 3 is 2.55 bits per heavy atom. The second-order valence-corrected chi connectivity index (χ2v) is 6.21. The van der Waals surface area contributed by atoms with E-state index >= 15 is 0 Å². The molecule has 1 aliphatic heterocycles. The van der Waals surface area contributed by atoms with Gasteiger partial charge in [-0.1, -0.05) is 29.3 Å². The van der Waals surface area contributed by atoms with Crippen LogP contribution in [0.4, 0.5) is 5.69 Å². The smallest absolute Gasteiger partial charge is 0.313 e. The molecule has 0 aromatic heterocycles. The lowest BCUT2D eigenvalue weighted by Crippen LogP contribution is -2.45. The third-order valence-electron chi connectivity index (χ3n) is 3.90. The summed E-state index contributed by atoms with van der Waals surface area (Å²) < 4.78 is 0. The van der Waals surface area contributed by atoms with Gasteiger partial charge in [-0.25, -0.2) is 0 Å². The number of carbonyl (C=O) groups is 2. The molecule has 0 saturated carbocycles. The summed E-state index contributed by atoms with van der Waals surface area (Å²) in [4.78, 5) is 25.7. The Bertz CT molecular complexity index is 570. The number of carbonyl (C=O) groups excluding carboxylic acids is 2. The summed E-state index contributed by atoms with van der Waals surface area (Å²) in [5.74, 6) is -1.16. The summed E-state index contributed by atoms with van der Waals surface area (Å²) in [6.07, 6.45) is 0.986. The average molecular weight is 345 g/mol. The molecule has 22 heavy (non-hydrogen) atoms. The molecular formula is C15H18Cl2N2O3. The topological polar surface area (TPSA) is 69.6 Å². The van der Waals surface area contributed by atoms with Crippen LogP contribution in [-0.2, 0) is 9.59 Å². The second-order valence-electron chi connectivity index (χ2n) is 5.43. The standard InChI is InChI=1S/C15H18Cl2N2O3/c1-9(20)10-5-7-19(8-6-10)15(22)14(21)18-12-4-2-3-11(16)13(12)17/h2-4,9-10,20H,5-8H2,1H3,(H,18,21). The minimum Gasteiger partial charge on any atom is -0.393 e. The van der Waals surface area contributed by atoms with E-state index in [9.17, 15) is 14.7 Å². The van der Waals surface area contributed by atoms with Crippen molar-refractivity contribution in [3.8, 4) is 0 Å². The first kappa shape index (κ1) is 17.1. The maximum absolute atomic E-state index is 12.2. The molecule has 0 spiro atoms. The lowest BCUT2D eigenvalue weighted by atomic mass is 9.92. The predicted octanol–water partition coefficient (Wildman–Crippen LogP) is 2.55. The van der Waals surface area contributed by atoms with E-state index in [1.165, 1.54) is 4.90 Å². The fourth-order valence-electron chi connectivity index (χ4n) is 2.50. The van der Waals surface area contributed by atoms with E-state index in [-0.39, 0.29) is 10.9 Å². The molecule has 0 aliphatic carbocycles. The lowest BCUT2D eigenvalue weighted by molar-refractivity contribution is -0.144. The highest BCUT2D eigenvalue weighted by Gasteiger charge is 2.29. The lowest BCUT2D eigenvalue weighted by Gasteiger charge is -2.32. The molecule has 0 bridgehead atoms. The van der Waals surface area contributed by atoms with Crippen molar-refractivity contribution >= 4 is 40.7 Å². The number of nitrogens with zero attached hydrogens (tertiary/aromatic N) is 1. The van der Waals surface area contributed by atoms with E-state index in [1.807, 2.05) is 0 Å². The van der Waals surface area contributed by atoms with Crippen LogP contribution >= 0.6 is 23.2 Å². The molecule has 1 heterocycles. The first-order valence-corrected chi connectivity index (χ1v) is 7.88. The van der Waals surface area contributed by atoms with E-state index in [0.29, 0.717) is 36.6 Å². The highest BCUT2D eigenvalue weighted by molar-refractivity contribution is 6.45. The second kappa shape index (κ2) is 7.31. The predicted molar refractivity (Wildman–Crippen MR) is 86.1 cm³/mol. The third-order valence-corrected chi connectivity index (χ3v) is 4.72. The number of benzene rings is 1. The van der Waals surface area contributed by atoms with E-state index in [2.05, 4.69) is 5.32 Å². The number of aliphatic hydroxyl groups is 1. The summed E-state index contributed by atoms with van der Waals surface area (Å²) in [7, 11) is 0. The van der Waals surface area contributed by atoms with Crippen LogP contribution in [0.15, 0.2) is 18.2 Å². The number of aliphatic hydroxyl groups excluding tert-OH is 1. The minimum atomic E-state index is -0.736. The van der Waals surface area contributed by atoms with Gasteiger partial charge in [-0.05, 0) is 37.8 Å². The fraction of sp³-hybridized carbons (Fsp3) is 0.467. The molecule has 1 saturated heterocycles. The SMILES string of the molecule is CC(O)C1CCN(C(=O)C(=O)Nc2cccc(Cl)c2Cl)CC1. The molecule has 7 heteroatoms. The van der Waals surface area contributed by atoms with Crippen molar-refractivity contribution in [3.63, 3.8) is 0 Å². The van der Waals surface area contributed by atoms with Gasteiger partial charge in [0.05, 0.1) is 21.8 Å². The van der Waals surface area contributed by atoms with Gasteiger partial charge in [0.15, 0.2) is 0 Å². The molecule has 1 fully saturated rings. The number of halogens is 2. The zero-order chi connectivity index (χ0) is 16.3. The van der Waals surface area contributed by atoms with Crippen LogP contribution in [0.3, 0.4) is 0 Å². The quantitative estimate of drug-likeness (QED) is 0.810. The number of hydrogen-bond donors (Lipinski definition) is 2. The molecule has 1 aromatic carbocycles. The largest absolute Gasteiger partial charge is 0.393 e. The maximum atomic E-state index is 12.2. The van der Waals surface area contributed by atoms with E-state index in [1.54, 1.807) is 25.1 Å². The molecule has 2 N–H and O–H groups in total. The Kier molecular flexibility index (Phi) is 5.67. The van der Waals surface area contributed by atoms with Gasteiger partial charge in [0, 0.05) is 13.1 Å². The van der Waals surface area contributed by atoms with Gasteiger partial charge in [-0.15, -0.1) is 0 Å². The Balaban J connectivity index is 1.96. The average Bonchev–Trinajstić information content (AvgIpc) is 2.51. The number of nitrogens with one attached hydrogen (secondary N) is 1. The van der Waals surface area contributed by atoms with E-state index in [4.69, 9.17) is 23.2 Å². The van der Waals surface area contributed by atoms with Gasteiger partial charge in [0.1, 0.15) is 0 Å². The Morgan fingerprint density at radius 1 is 1.32 bits per heavy atom.